The summed E-state index contributed by atoms with van der Waals surface area (Å²) in [5, 5.41) is 3.47. The molecule has 6 nitrogen and oxygen atoms in total. The van der Waals surface area contributed by atoms with E-state index in [4.69, 9.17) is 27.8 Å². The van der Waals surface area contributed by atoms with Crippen LogP contribution in [0.1, 0.15) is 10.4 Å². The smallest absolute Gasteiger partial charge is 0.250 e. The summed E-state index contributed by atoms with van der Waals surface area (Å²) in [4.78, 5) is 15.3. The summed E-state index contributed by atoms with van der Waals surface area (Å²) in [6.45, 7) is 0. The number of anilines is 3. The lowest BCUT2D eigenvalue weighted by Crippen LogP contribution is -2.14. The maximum Gasteiger partial charge on any atom is 0.250 e. The predicted octanol–water partition coefficient (Wildman–Crippen LogP) is 2.17. The van der Waals surface area contributed by atoms with E-state index in [2.05, 4.69) is 10.3 Å². The lowest BCUT2D eigenvalue weighted by atomic mass is 10.2. The Morgan fingerprint density at radius 1 is 1.40 bits per heavy atom. The SMILES string of the molecule is COc1ccc(Nc2cc(C(N)=O)c(N)cn2)cc1Cl. The number of nitrogens with one attached hydrogen (secondary N) is 1. The van der Waals surface area contributed by atoms with Gasteiger partial charge in [-0.15, -0.1) is 0 Å². The number of carbonyl (C=O) groups is 1. The largest absolute Gasteiger partial charge is 0.495 e. The molecule has 0 saturated carbocycles. The molecule has 1 amide bonds. The fourth-order valence-corrected chi connectivity index (χ4v) is 1.90. The van der Waals surface area contributed by atoms with E-state index in [0.717, 1.165) is 0 Å². The molecule has 5 N–H and O–H groups in total. The number of nitrogens with zero attached hydrogens (tertiary/aromatic N) is 1. The maximum atomic E-state index is 11.2. The Balaban J connectivity index is 2.28. The van der Waals surface area contributed by atoms with Gasteiger partial charge < -0.3 is 21.5 Å². The van der Waals surface area contributed by atoms with Crippen LogP contribution >= 0.6 is 11.6 Å². The van der Waals surface area contributed by atoms with Crippen molar-refractivity contribution in [1.82, 2.24) is 4.98 Å². The first-order valence-corrected chi connectivity index (χ1v) is 6.05. The highest BCUT2D eigenvalue weighted by Crippen LogP contribution is 2.28. The number of aromatic nitrogens is 1. The van der Waals surface area contributed by atoms with Crippen molar-refractivity contribution in [2.45, 2.75) is 0 Å². The van der Waals surface area contributed by atoms with Crippen LogP contribution in [-0.2, 0) is 0 Å². The van der Waals surface area contributed by atoms with E-state index >= 15 is 0 Å². The number of primary amides is 1. The highest BCUT2D eigenvalue weighted by molar-refractivity contribution is 6.32. The van der Waals surface area contributed by atoms with Gasteiger partial charge in [-0.25, -0.2) is 4.98 Å². The normalized spacial score (nSPS) is 10.1. The third-order valence-electron chi connectivity index (χ3n) is 2.62. The van der Waals surface area contributed by atoms with Crippen LogP contribution in [-0.4, -0.2) is 18.0 Å². The number of pyridine rings is 1. The molecule has 104 valence electrons. The number of benzene rings is 1. The average molecular weight is 293 g/mol. The summed E-state index contributed by atoms with van der Waals surface area (Å²) < 4.78 is 5.06. The standard InChI is InChI=1S/C13H13ClN4O2/c1-20-11-3-2-7(4-9(11)14)18-12-5-8(13(16)19)10(15)6-17-12/h2-6H,15H2,1H3,(H2,16,19)(H,17,18). The number of hydrogen-bond acceptors (Lipinski definition) is 5. The van der Waals surface area contributed by atoms with Gasteiger partial charge >= 0.3 is 0 Å². The molecule has 0 bridgehead atoms. The summed E-state index contributed by atoms with van der Waals surface area (Å²) >= 11 is 6.02. The maximum absolute atomic E-state index is 11.2. The quantitative estimate of drug-likeness (QED) is 0.801. The van der Waals surface area contributed by atoms with Gasteiger partial charge in [-0.1, -0.05) is 11.6 Å². The van der Waals surface area contributed by atoms with Crippen molar-refractivity contribution in [3.63, 3.8) is 0 Å². The first kappa shape index (κ1) is 14.0. The zero-order chi connectivity index (χ0) is 14.7. The van der Waals surface area contributed by atoms with Crippen LogP contribution in [0.4, 0.5) is 17.2 Å². The average Bonchev–Trinajstić information content (AvgIpc) is 2.41. The Morgan fingerprint density at radius 3 is 2.75 bits per heavy atom. The Morgan fingerprint density at radius 2 is 2.15 bits per heavy atom. The molecule has 0 radical (unpaired) electrons. The fourth-order valence-electron chi connectivity index (χ4n) is 1.64. The third kappa shape index (κ3) is 2.92. The summed E-state index contributed by atoms with van der Waals surface area (Å²) in [7, 11) is 1.54. The number of amides is 1. The molecule has 0 aliphatic carbocycles. The molecule has 0 spiro atoms. The number of carbonyl (C=O) groups excluding carboxylic acids is 1. The molecular formula is C13H13ClN4O2. The molecule has 0 aliphatic heterocycles. The molecule has 0 fully saturated rings. The van der Waals surface area contributed by atoms with Crippen LogP contribution in [0.5, 0.6) is 5.75 Å². The predicted molar refractivity (Wildman–Crippen MR) is 78.5 cm³/mol. The Labute approximate surface area is 120 Å². The van der Waals surface area contributed by atoms with Crippen LogP contribution in [0.15, 0.2) is 30.5 Å². The molecule has 0 unspecified atom stereocenters. The summed E-state index contributed by atoms with van der Waals surface area (Å²) in [6.07, 6.45) is 1.37. The molecule has 1 heterocycles. The van der Waals surface area contributed by atoms with Crippen molar-refractivity contribution < 1.29 is 9.53 Å². The molecule has 0 saturated heterocycles. The summed E-state index contributed by atoms with van der Waals surface area (Å²) in [6, 6.07) is 6.65. The van der Waals surface area contributed by atoms with Crippen LogP contribution in [0, 0.1) is 0 Å². The van der Waals surface area contributed by atoms with Crippen molar-refractivity contribution in [3.8, 4) is 5.75 Å². The number of halogens is 1. The van der Waals surface area contributed by atoms with Gasteiger partial charge in [0.25, 0.3) is 5.91 Å². The monoisotopic (exact) mass is 292 g/mol. The minimum Gasteiger partial charge on any atom is -0.495 e. The molecule has 7 heteroatoms. The Kier molecular flexibility index (Phi) is 3.95. The van der Waals surface area contributed by atoms with Crippen molar-refractivity contribution in [1.29, 1.82) is 0 Å². The second kappa shape index (κ2) is 5.66. The second-order valence-corrected chi connectivity index (χ2v) is 4.40. The molecule has 2 rings (SSSR count). The lowest BCUT2D eigenvalue weighted by molar-refractivity contribution is 0.100. The first-order valence-electron chi connectivity index (χ1n) is 5.67. The van der Waals surface area contributed by atoms with Crippen molar-refractivity contribution >= 4 is 34.7 Å². The van der Waals surface area contributed by atoms with Gasteiger partial charge in [0, 0.05) is 5.69 Å². The number of methoxy groups -OCH3 is 1. The van der Waals surface area contributed by atoms with Gasteiger partial charge in [0.15, 0.2) is 0 Å². The van der Waals surface area contributed by atoms with E-state index in [9.17, 15) is 4.79 Å². The van der Waals surface area contributed by atoms with Gasteiger partial charge in [-0.05, 0) is 24.3 Å². The highest BCUT2D eigenvalue weighted by Gasteiger charge is 2.08. The van der Waals surface area contributed by atoms with E-state index in [1.807, 2.05) is 0 Å². The molecule has 1 aromatic heterocycles. The summed E-state index contributed by atoms with van der Waals surface area (Å²) in [5.41, 5.74) is 12.0. The number of ether oxygens (including phenoxy) is 1. The van der Waals surface area contributed by atoms with Gasteiger partial charge in [0.1, 0.15) is 11.6 Å². The van der Waals surface area contributed by atoms with Gasteiger partial charge in [-0.2, -0.15) is 0 Å². The van der Waals surface area contributed by atoms with E-state index in [-0.39, 0.29) is 11.3 Å². The zero-order valence-corrected chi connectivity index (χ0v) is 11.4. The molecule has 2 aromatic rings. The van der Waals surface area contributed by atoms with E-state index in [1.165, 1.54) is 19.4 Å². The van der Waals surface area contributed by atoms with Gasteiger partial charge in [0.2, 0.25) is 0 Å². The number of rotatable bonds is 4. The zero-order valence-electron chi connectivity index (χ0n) is 10.7. The van der Waals surface area contributed by atoms with Gasteiger partial charge in [-0.3, -0.25) is 4.79 Å². The molecule has 0 aliphatic rings. The molecule has 1 aromatic carbocycles. The number of hydrogen-bond donors (Lipinski definition) is 3. The Hall–Kier alpha value is -2.47. The lowest BCUT2D eigenvalue weighted by Gasteiger charge is -2.10. The fraction of sp³-hybridized carbons (Fsp3) is 0.0769. The molecule has 20 heavy (non-hydrogen) atoms. The van der Waals surface area contributed by atoms with Crippen LogP contribution < -0.4 is 21.5 Å². The molecule has 0 atom stereocenters. The van der Waals surface area contributed by atoms with Crippen LogP contribution in [0.25, 0.3) is 0 Å². The highest BCUT2D eigenvalue weighted by atomic mass is 35.5. The van der Waals surface area contributed by atoms with Crippen molar-refractivity contribution in [2.75, 3.05) is 18.2 Å². The van der Waals surface area contributed by atoms with Crippen LogP contribution in [0.2, 0.25) is 5.02 Å². The van der Waals surface area contributed by atoms with E-state index < -0.39 is 5.91 Å². The van der Waals surface area contributed by atoms with E-state index in [0.29, 0.717) is 22.3 Å². The number of nitrogens with two attached hydrogens (primary N) is 2. The number of nitrogen functional groups attached to an aromatic ring is 1. The third-order valence-corrected chi connectivity index (χ3v) is 2.92. The van der Waals surface area contributed by atoms with E-state index in [1.54, 1.807) is 18.2 Å². The van der Waals surface area contributed by atoms with Gasteiger partial charge in [0.05, 0.1) is 29.6 Å². The minimum atomic E-state index is -0.610. The topological polar surface area (TPSA) is 103 Å². The summed E-state index contributed by atoms with van der Waals surface area (Å²) in [5.74, 6) is 0.398. The van der Waals surface area contributed by atoms with Crippen LogP contribution in [0.3, 0.4) is 0 Å². The first-order chi connectivity index (χ1) is 9.51. The van der Waals surface area contributed by atoms with Crippen molar-refractivity contribution in [3.05, 3.63) is 41.0 Å². The minimum absolute atomic E-state index is 0.210. The molecular weight excluding hydrogens is 280 g/mol. The second-order valence-electron chi connectivity index (χ2n) is 4.00. The Bertz CT molecular complexity index is 661. The van der Waals surface area contributed by atoms with Crippen molar-refractivity contribution in [2.24, 2.45) is 5.73 Å².